The third-order valence-corrected chi connectivity index (χ3v) is 4.47. The molecule has 0 radical (unpaired) electrons. The topological polar surface area (TPSA) is 113 Å². The summed E-state index contributed by atoms with van der Waals surface area (Å²) in [5.41, 5.74) is 0.604. The minimum absolute atomic E-state index is 0.0281. The van der Waals surface area contributed by atoms with Crippen molar-refractivity contribution in [3.63, 3.8) is 0 Å². The first-order valence-corrected chi connectivity index (χ1v) is 8.45. The number of ether oxygens (including phenoxy) is 6. The number of hydrogen-bond donors (Lipinski definition) is 2. The SMILES string of the molecule is COc1cc([C@H]2Oc3c(OC)cc4c(c3O[C@@H]2CO)OC(=O)CO4)ccc1O. The van der Waals surface area contributed by atoms with Crippen LogP contribution in [0.2, 0.25) is 0 Å². The monoisotopic (exact) mass is 390 g/mol. The van der Waals surface area contributed by atoms with Crippen molar-refractivity contribution in [1.29, 1.82) is 0 Å². The zero-order valence-electron chi connectivity index (χ0n) is 15.1. The Morgan fingerprint density at radius 2 is 1.86 bits per heavy atom. The summed E-state index contributed by atoms with van der Waals surface area (Å²) >= 11 is 0. The molecule has 0 fully saturated rings. The minimum atomic E-state index is -0.821. The van der Waals surface area contributed by atoms with E-state index >= 15 is 0 Å². The Bertz CT molecular complexity index is 924. The maximum atomic E-state index is 11.6. The van der Waals surface area contributed by atoms with Crippen molar-refractivity contribution in [3.05, 3.63) is 29.8 Å². The molecule has 2 heterocycles. The van der Waals surface area contributed by atoms with E-state index < -0.39 is 18.2 Å². The van der Waals surface area contributed by atoms with Gasteiger partial charge in [0.1, 0.15) is 0 Å². The van der Waals surface area contributed by atoms with Gasteiger partial charge in [-0.15, -0.1) is 0 Å². The van der Waals surface area contributed by atoms with E-state index in [1.165, 1.54) is 26.4 Å². The second-order valence-corrected chi connectivity index (χ2v) is 6.14. The number of aliphatic hydroxyl groups is 1. The third-order valence-electron chi connectivity index (χ3n) is 4.47. The molecule has 9 heteroatoms. The molecular formula is C19H18O9. The van der Waals surface area contributed by atoms with Crippen LogP contribution in [0.1, 0.15) is 11.7 Å². The molecule has 2 aromatic rings. The van der Waals surface area contributed by atoms with Gasteiger partial charge in [0.15, 0.2) is 41.8 Å². The molecule has 0 bridgehead atoms. The summed E-state index contributed by atoms with van der Waals surface area (Å²) in [7, 11) is 2.89. The predicted molar refractivity (Wildman–Crippen MR) is 93.7 cm³/mol. The van der Waals surface area contributed by atoms with Gasteiger partial charge in [-0.1, -0.05) is 6.07 Å². The lowest BCUT2D eigenvalue weighted by atomic mass is 10.0. The molecule has 0 unspecified atom stereocenters. The van der Waals surface area contributed by atoms with Crippen LogP contribution >= 0.6 is 0 Å². The highest BCUT2D eigenvalue weighted by Crippen LogP contribution is 2.55. The number of carbonyl (C=O) groups is 1. The Morgan fingerprint density at radius 1 is 1.07 bits per heavy atom. The van der Waals surface area contributed by atoms with Crippen LogP contribution in [0.3, 0.4) is 0 Å². The average molecular weight is 390 g/mol. The van der Waals surface area contributed by atoms with Crippen molar-refractivity contribution in [1.82, 2.24) is 0 Å². The summed E-state index contributed by atoms with van der Waals surface area (Å²) < 4.78 is 33.2. The molecule has 2 aromatic carbocycles. The molecule has 9 nitrogen and oxygen atoms in total. The number of esters is 1. The van der Waals surface area contributed by atoms with E-state index in [2.05, 4.69) is 0 Å². The van der Waals surface area contributed by atoms with Crippen molar-refractivity contribution in [3.8, 4) is 40.2 Å². The Hall–Kier alpha value is -3.33. The maximum Gasteiger partial charge on any atom is 0.349 e. The van der Waals surface area contributed by atoms with Crippen LogP contribution in [0.15, 0.2) is 24.3 Å². The second-order valence-electron chi connectivity index (χ2n) is 6.14. The smallest absolute Gasteiger partial charge is 0.349 e. The molecule has 0 spiro atoms. The lowest BCUT2D eigenvalue weighted by Gasteiger charge is -2.35. The fraction of sp³-hybridized carbons (Fsp3) is 0.316. The second kappa shape index (κ2) is 7.01. The van der Waals surface area contributed by atoms with E-state index in [0.717, 1.165) is 0 Å². The summed E-state index contributed by atoms with van der Waals surface area (Å²) in [6.45, 7) is -0.608. The zero-order chi connectivity index (χ0) is 19.8. The highest BCUT2D eigenvalue weighted by molar-refractivity contribution is 5.80. The van der Waals surface area contributed by atoms with Crippen LogP contribution in [0, 0.1) is 0 Å². The van der Waals surface area contributed by atoms with Crippen molar-refractivity contribution in [2.24, 2.45) is 0 Å². The number of aliphatic hydroxyl groups excluding tert-OH is 1. The van der Waals surface area contributed by atoms with E-state index in [-0.39, 0.29) is 47.7 Å². The molecule has 28 heavy (non-hydrogen) atoms. The van der Waals surface area contributed by atoms with Gasteiger partial charge >= 0.3 is 5.97 Å². The normalized spacial score (nSPS) is 19.9. The molecule has 2 aliphatic rings. The van der Waals surface area contributed by atoms with E-state index in [1.54, 1.807) is 12.1 Å². The first-order valence-electron chi connectivity index (χ1n) is 8.45. The number of phenolic OH excluding ortho intramolecular Hbond substituents is 1. The van der Waals surface area contributed by atoms with Crippen molar-refractivity contribution in [2.45, 2.75) is 12.2 Å². The fourth-order valence-corrected chi connectivity index (χ4v) is 3.13. The number of carbonyl (C=O) groups excluding carboxylic acids is 1. The maximum absolute atomic E-state index is 11.6. The molecule has 4 rings (SSSR count). The summed E-state index contributed by atoms with van der Waals surface area (Å²) in [6, 6.07) is 6.22. The summed E-state index contributed by atoms with van der Waals surface area (Å²) in [5, 5.41) is 19.7. The molecular weight excluding hydrogens is 372 g/mol. The van der Waals surface area contributed by atoms with E-state index in [4.69, 9.17) is 28.4 Å². The Kier molecular flexibility index (Phi) is 4.52. The average Bonchev–Trinajstić information content (AvgIpc) is 2.72. The summed E-state index contributed by atoms with van der Waals surface area (Å²) in [6.07, 6.45) is -1.56. The number of benzene rings is 2. The number of fused-ring (bicyclic) bond motifs is 3. The molecule has 2 atom stereocenters. The zero-order valence-corrected chi connectivity index (χ0v) is 15.1. The first-order chi connectivity index (χ1) is 13.5. The number of rotatable bonds is 4. The molecule has 0 aliphatic carbocycles. The molecule has 0 aromatic heterocycles. The van der Waals surface area contributed by atoms with Gasteiger partial charge in [-0.2, -0.15) is 0 Å². The highest BCUT2D eigenvalue weighted by Gasteiger charge is 2.39. The van der Waals surface area contributed by atoms with Gasteiger partial charge in [0, 0.05) is 11.6 Å². The highest BCUT2D eigenvalue weighted by atomic mass is 16.6. The van der Waals surface area contributed by atoms with Gasteiger partial charge in [-0.05, 0) is 12.1 Å². The predicted octanol–water partition coefficient (Wildman–Crippen LogP) is 1.58. The lowest BCUT2D eigenvalue weighted by molar-refractivity contribution is -0.139. The molecule has 0 saturated carbocycles. The van der Waals surface area contributed by atoms with E-state index in [9.17, 15) is 15.0 Å². The molecule has 0 amide bonds. The third kappa shape index (κ3) is 2.89. The van der Waals surface area contributed by atoms with E-state index in [1.807, 2.05) is 0 Å². The van der Waals surface area contributed by atoms with E-state index in [0.29, 0.717) is 11.3 Å². The fourth-order valence-electron chi connectivity index (χ4n) is 3.13. The van der Waals surface area contributed by atoms with Crippen LogP contribution in [0.5, 0.6) is 40.2 Å². The first kappa shape index (κ1) is 18.1. The van der Waals surface area contributed by atoms with Gasteiger partial charge < -0.3 is 38.6 Å². The molecule has 148 valence electrons. The quantitative estimate of drug-likeness (QED) is 0.593. The summed E-state index contributed by atoms with van der Waals surface area (Å²) in [5.74, 6) is 0.647. The molecule has 2 N–H and O–H groups in total. The Labute approximate surface area is 159 Å². The van der Waals surface area contributed by atoms with Gasteiger partial charge in [0.05, 0.1) is 20.8 Å². The lowest BCUT2D eigenvalue weighted by Crippen LogP contribution is -2.37. The number of methoxy groups -OCH3 is 2. The van der Waals surface area contributed by atoms with Crippen LogP contribution in [-0.4, -0.2) is 49.7 Å². The van der Waals surface area contributed by atoms with Gasteiger partial charge in [0.25, 0.3) is 0 Å². The summed E-state index contributed by atoms with van der Waals surface area (Å²) in [4.78, 5) is 11.6. The standard InChI is InChI=1S/C19H18O9/c1-23-11-5-9(3-4-10(11)21)16-14(7-20)26-19-17(28-16)12(24-2)6-13-18(19)27-15(22)8-25-13/h3-6,14,16,20-21H,7-8H2,1-2H3/t14-,16-/m1/s1. The Balaban J connectivity index is 1.80. The van der Waals surface area contributed by atoms with Gasteiger partial charge in [-0.3, -0.25) is 0 Å². The van der Waals surface area contributed by atoms with Gasteiger partial charge in [0.2, 0.25) is 17.2 Å². The number of aromatic hydroxyl groups is 1. The van der Waals surface area contributed by atoms with Crippen molar-refractivity contribution in [2.75, 3.05) is 27.4 Å². The largest absolute Gasteiger partial charge is 0.504 e. The van der Waals surface area contributed by atoms with Crippen LogP contribution < -0.4 is 28.4 Å². The number of phenols is 1. The van der Waals surface area contributed by atoms with Gasteiger partial charge in [-0.25, -0.2) is 4.79 Å². The minimum Gasteiger partial charge on any atom is -0.504 e. The van der Waals surface area contributed by atoms with Crippen LogP contribution in [0.25, 0.3) is 0 Å². The molecule has 0 saturated heterocycles. The van der Waals surface area contributed by atoms with Crippen LogP contribution in [-0.2, 0) is 4.79 Å². The van der Waals surface area contributed by atoms with Crippen LogP contribution in [0.4, 0.5) is 0 Å². The van der Waals surface area contributed by atoms with Crippen molar-refractivity contribution >= 4 is 5.97 Å². The Morgan fingerprint density at radius 3 is 2.57 bits per heavy atom. The van der Waals surface area contributed by atoms with Crippen molar-refractivity contribution < 1.29 is 43.4 Å². The number of hydrogen-bond acceptors (Lipinski definition) is 9. The molecule has 2 aliphatic heterocycles.